The quantitative estimate of drug-likeness (QED) is 0.768. The minimum atomic E-state index is 0.152. The van der Waals surface area contributed by atoms with Crippen LogP contribution in [0.3, 0.4) is 0 Å². The van der Waals surface area contributed by atoms with Crippen LogP contribution < -0.4 is 0 Å². The molecule has 0 aliphatic heterocycles. The van der Waals surface area contributed by atoms with Crippen molar-refractivity contribution in [1.82, 2.24) is 9.88 Å². The highest BCUT2D eigenvalue weighted by Gasteiger charge is 2.10. The maximum Gasteiger partial charge on any atom is 0.232 e. The number of likely N-dealkylation sites (N-methyl/N-ethyl adjacent to an activating group) is 1. The summed E-state index contributed by atoms with van der Waals surface area (Å²) >= 11 is 1.60. The van der Waals surface area contributed by atoms with Crippen molar-refractivity contribution >= 4 is 17.7 Å². The van der Waals surface area contributed by atoms with E-state index in [0.717, 1.165) is 12.1 Å². The van der Waals surface area contributed by atoms with Crippen LogP contribution in [0.2, 0.25) is 0 Å². The number of carbonyl (C=O) groups excluding carboxylic acids is 1. The summed E-state index contributed by atoms with van der Waals surface area (Å²) in [7, 11) is 1.85. The fourth-order valence-corrected chi connectivity index (χ4v) is 2.89. The lowest BCUT2D eigenvalue weighted by molar-refractivity contribution is -0.127. The second-order valence-corrected chi connectivity index (χ2v) is 5.96. The lowest BCUT2D eigenvalue weighted by Gasteiger charge is -2.17. The van der Waals surface area contributed by atoms with Gasteiger partial charge in [-0.05, 0) is 30.7 Å². The molecule has 0 aliphatic carbocycles. The van der Waals surface area contributed by atoms with E-state index in [-0.39, 0.29) is 5.91 Å². The molecular weight excluding hydrogens is 280 g/mol. The number of hydrogen-bond donors (Lipinski definition) is 0. The van der Waals surface area contributed by atoms with Gasteiger partial charge in [-0.2, -0.15) is 0 Å². The van der Waals surface area contributed by atoms with E-state index >= 15 is 0 Å². The Morgan fingerprint density at radius 1 is 1.19 bits per heavy atom. The summed E-state index contributed by atoms with van der Waals surface area (Å²) in [5.41, 5.74) is 2.23. The van der Waals surface area contributed by atoms with Crippen molar-refractivity contribution in [3.8, 4) is 0 Å². The van der Waals surface area contributed by atoms with Crippen LogP contribution in [-0.4, -0.2) is 35.1 Å². The molecule has 0 aliphatic rings. The molecule has 1 aromatic heterocycles. The number of rotatable bonds is 6. The highest BCUT2D eigenvalue weighted by Crippen LogP contribution is 2.21. The molecular formula is C17H20N2OS. The Kier molecular flexibility index (Phi) is 5.81. The molecule has 2 rings (SSSR count). The van der Waals surface area contributed by atoms with Crippen LogP contribution in [0.5, 0.6) is 0 Å². The van der Waals surface area contributed by atoms with E-state index in [1.54, 1.807) is 22.9 Å². The van der Waals surface area contributed by atoms with Crippen LogP contribution in [0.25, 0.3) is 0 Å². The monoisotopic (exact) mass is 300 g/mol. The zero-order valence-electron chi connectivity index (χ0n) is 12.5. The SMILES string of the molecule is Cc1ccccc1SCC(=O)N(C)CCc1ccccn1. The summed E-state index contributed by atoms with van der Waals surface area (Å²) in [5.74, 6) is 0.628. The Hall–Kier alpha value is -1.81. The summed E-state index contributed by atoms with van der Waals surface area (Å²) < 4.78 is 0. The minimum Gasteiger partial charge on any atom is -0.345 e. The van der Waals surface area contributed by atoms with Gasteiger partial charge in [0.15, 0.2) is 0 Å². The Balaban J connectivity index is 1.79. The average molecular weight is 300 g/mol. The second kappa shape index (κ2) is 7.84. The van der Waals surface area contributed by atoms with Crippen LogP contribution in [-0.2, 0) is 11.2 Å². The lowest BCUT2D eigenvalue weighted by atomic mass is 10.2. The van der Waals surface area contributed by atoms with Gasteiger partial charge in [-0.1, -0.05) is 24.3 Å². The Bertz CT molecular complexity index is 586. The number of hydrogen-bond acceptors (Lipinski definition) is 3. The Morgan fingerprint density at radius 3 is 2.67 bits per heavy atom. The first-order valence-corrected chi connectivity index (χ1v) is 7.97. The van der Waals surface area contributed by atoms with E-state index in [0.29, 0.717) is 12.3 Å². The zero-order valence-corrected chi connectivity index (χ0v) is 13.3. The van der Waals surface area contributed by atoms with Gasteiger partial charge < -0.3 is 4.90 Å². The number of nitrogens with zero attached hydrogens (tertiary/aromatic N) is 2. The summed E-state index contributed by atoms with van der Waals surface area (Å²) in [4.78, 5) is 19.4. The molecule has 1 aromatic carbocycles. The van der Waals surface area contributed by atoms with E-state index in [9.17, 15) is 4.79 Å². The first-order chi connectivity index (χ1) is 10.2. The van der Waals surface area contributed by atoms with Crippen molar-refractivity contribution in [2.75, 3.05) is 19.3 Å². The van der Waals surface area contributed by atoms with Gasteiger partial charge in [-0.15, -0.1) is 11.8 Å². The fraction of sp³-hybridized carbons (Fsp3) is 0.294. The van der Waals surface area contributed by atoms with E-state index in [1.807, 2.05) is 37.4 Å². The van der Waals surface area contributed by atoms with Gasteiger partial charge in [-0.3, -0.25) is 9.78 Å². The van der Waals surface area contributed by atoms with Crippen LogP contribution in [0.15, 0.2) is 53.6 Å². The highest BCUT2D eigenvalue weighted by atomic mass is 32.2. The van der Waals surface area contributed by atoms with Crippen molar-refractivity contribution in [2.45, 2.75) is 18.2 Å². The third kappa shape index (κ3) is 4.90. The smallest absolute Gasteiger partial charge is 0.232 e. The normalized spacial score (nSPS) is 10.4. The number of thioether (sulfide) groups is 1. The largest absolute Gasteiger partial charge is 0.345 e. The topological polar surface area (TPSA) is 33.2 Å². The van der Waals surface area contributed by atoms with Gasteiger partial charge in [0.05, 0.1) is 5.75 Å². The molecule has 21 heavy (non-hydrogen) atoms. The molecule has 0 spiro atoms. The second-order valence-electron chi connectivity index (χ2n) is 4.94. The van der Waals surface area contributed by atoms with Crippen LogP contribution in [0, 0.1) is 6.92 Å². The average Bonchev–Trinajstić information content (AvgIpc) is 2.52. The maximum absolute atomic E-state index is 12.1. The van der Waals surface area contributed by atoms with E-state index in [1.165, 1.54) is 10.5 Å². The van der Waals surface area contributed by atoms with Gasteiger partial charge in [0.25, 0.3) is 0 Å². The standard InChI is InChI=1S/C17H20N2OS/c1-14-7-3-4-9-16(14)21-13-17(20)19(2)12-10-15-8-5-6-11-18-15/h3-9,11H,10,12-13H2,1-2H3. The van der Waals surface area contributed by atoms with Gasteiger partial charge in [-0.25, -0.2) is 0 Å². The van der Waals surface area contributed by atoms with Crippen LogP contribution in [0.1, 0.15) is 11.3 Å². The molecule has 1 amide bonds. The summed E-state index contributed by atoms with van der Waals surface area (Å²) in [6.45, 7) is 2.77. The molecule has 0 saturated heterocycles. The minimum absolute atomic E-state index is 0.152. The summed E-state index contributed by atoms with van der Waals surface area (Å²) in [5, 5.41) is 0. The van der Waals surface area contributed by atoms with Gasteiger partial charge in [0.2, 0.25) is 5.91 Å². The Labute approximate surface area is 130 Å². The van der Waals surface area contributed by atoms with Gasteiger partial charge >= 0.3 is 0 Å². The number of aromatic nitrogens is 1. The molecule has 0 unspecified atom stereocenters. The predicted molar refractivity (Wildman–Crippen MR) is 87.5 cm³/mol. The maximum atomic E-state index is 12.1. The number of benzene rings is 1. The molecule has 4 heteroatoms. The molecule has 0 atom stereocenters. The molecule has 0 radical (unpaired) electrons. The van der Waals surface area contributed by atoms with Gasteiger partial charge in [0, 0.05) is 36.8 Å². The Morgan fingerprint density at radius 2 is 1.95 bits per heavy atom. The van der Waals surface area contributed by atoms with Crippen molar-refractivity contribution in [3.63, 3.8) is 0 Å². The molecule has 0 N–H and O–H groups in total. The number of carbonyl (C=O) groups is 1. The van der Waals surface area contributed by atoms with Crippen molar-refractivity contribution in [1.29, 1.82) is 0 Å². The van der Waals surface area contributed by atoms with Crippen molar-refractivity contribution < 1.29 is 4.79 Å². The molecule has 110 valence electrons. The number of pyridine rings is 1. The molecule has 0 saturated carbocycles. The number of aryl methyl sites for hydroxylation is 1. The summed E-state index contributed by atoms with van der Waals surface area (Å²) in [6.07, 6.45) is 2.57. The molecule has 3 nitrogen and oxygen atoms in total. The molecule has 0 fully saturated rings. The molecule has 0 bridgehead atoms. The first-order valence-electron chi connectivity index (χ1n) is 6.99. The molecule has 1 heterocycles. The van der Waals surface area contributed by atoms with E-state index in [2.05, 4.69) is 24.0 Å². The van der Waals surface area contributed by atoms with Gasteiger partial charge in [0.1, 0.15) is 0 Å². The fourth-order valence-electron chi connectivity index (χ4n) is 1.92. The first kappa shape index (κ1) is 15.6. The third-order valence-corrected chi connectivity index (χ3v) is 4.46. The number of amides is 1. The van der Waals surface area contributed by atoms with Crippen LogP contribution in [0.4, 0.5) is 0 Å². The van der Waals surface area contributed by atoms with Crippen LogP contribution >= 0.6 is 11.8 Å². The zero-order chi connectivity index (χ0) is 15.1. The van der Waals surface area contributed by atoms with E-state index in [4.69, 9.17) is 0 Å². The van der Waals surface area contributed by atoms with E-state index < -0.39 is 0 Å². The predicted octanol–water partition coefficient (Wildman–Crippen LogP) is 3.18. The van der Waals surface area contributed by atoms with Crippen molar-refractivity contribution in [3.05, 3.63) is 59.9 Å². The lowest BCUT2D eigenvalue weighted by Crippen LogP contribution is -2.30. The highest BCUT2D eigenvalue weighted by molar-refractivity contribution is 8.00. The summed E-state index contributed by atoms with van der Waals surface area (Å²) in [6, 6.07) is 14.0. The van der Waals surface area contributed by atoms with Crippen molar-refractivity contribution in [2.24, 2.45) is 0 Å². The third-order valence-electron chi connectivity index (χ3n) is 3.30. The molecule has 2 aromatic rings.